The Hall–Kier alpha value is -1.68. The third kappa shape index (κ3) is 6.01. The minimum absolute atomic E-state index is 0.0601. The standard InChI is InChI=1S/C23H38N4O4S/c1-4-25-14-16-26(17-15-25)12-7-11-24-23(28)20-9-10-21(31-3)22(18-20)32(29,30)27-13-6-5-8-19(27)2/h9-10,18-19H,4-8,11-17H2,1-3H3,(H,24,28). The maximum absolute atomic E-state index is 13.3. The number of piperazine rings is 1. The van der Waals surface area contributed by atoms with Gasteiger partial charge >= 0.3 is 0 Å². The molecule has 1 aromatic carbocycles. The van der Waals surface area contributed by atoms with Gasteiger partial charge in [0.25, 0.3) is 5.91 Å². The van der Waals surface area contributed by atoms with E-state index in [4.69, 9.17) is 4.74 Å². The molecule has 1 N–H and O–H groups in total. The number of ether oxygens (including phenoxy) is 1. The maximum Gasteiger partial charge on any atom is 0.251 e. The van der Waals surface area contributed by atoms with E-state index in [9.17, 15) is 13.2 Å². The SMILES string of the molecule is CCN1CCN(CCCNC(=O)c2ccc(OC)c(S(=O)(=O)N3CCCCC3C)c2)CC1. The van der Waals surface area contributed by atoms with Crippen LogP contribution in [0.4, 0.5) is 0 Å². The third-order valence-corrected chi connectivity index (χ3v) is 8.64. The molecule has 3 rings (SSSR count). The van der Waals surface area contributed by atoms with Crippen LogP contribution in [0.5, 0.6) is 5.75 Å². The molecule has 0 saturated carbocycles. The highest BCUT2D eigenvalue weighted by atomic mass is 32.2. The summed E-state index contributed by atoms with van der Waals surface area (Å²) in [6.07, 6.45) is 3.58. The number of piperidine rings is 1. The summed E-state index contributed by atoms with van der Waals surface area (Å²) >= 11 is 0. The van der Waals surface area contributed by atoms with Gasteiger partial charge in [0, 0.05) is 50.9 Å². The summed E-state index contributed by atoms with van der Waals surface area (Å²) in [6, 6.07) is 4.59. The van der Waals surface area contributed by atoms with Crippen LogP contribution >= 0.6 is 0 Å². The van der Waals surface area contributed by atoms with Gasteiger partial charge in [-0.2, -0.15) is 4.31 Å². The lowest BCUT2D eigenvalue weighted by Gasteiger charge is -2.34. The van der Waals surface area contributed by atoms with Crippen LogP contribution in [0.1, 0.15) is 49.9 Å². The van der Waals surface area contributed by atoms with Crippen molar-refractivity contribution in [2.75, 3.05) is 59.5 Å². The first kappa shape index (κ1) is 25.0. The third-order valence-electron chi connectivity index (χ3n) is 6.60. The summed E-state index contributed by atoms with van der Waals surface area (Å²) in [5, 5.41) is 2.94. The fraction of sp³-hybridized carbons (Fsp3) is 0.696. The summed E-state index contributed by atoms with van der Waals surface area (Å²) in [6.45, 7) is 11.6. The molecule has 2 fully saturated rings. The van der Waals surface area contributed by atoms with Crippen molar-refractivity contribution >= 4 is 15.9 Å². The maximum atomic E-state index is 13.3. The number of nitrogens with one attached hydrogen (secondary N) is 1. The zero-order chi connectivity index (χ0) is 23.1. The van der Waals surface area contributed by atoms with Gasteiger partial charge in [-0.1, -0.05) is 13.3 Å². The largest absolute Gasteiger partial charge is 0.495 e. The minimum atomic E-state index is -3.74. The topological polar surface area (TPSA) is 82.2 Å². The molecule has 2 aliphatic rings. The summed E-state index contributed by atoms with van der Waals surface area (Å²) in [7, 11) is -2.29. The van der Waals surface area contributed by atoms with Crippen LogP contribution in [-0.4, -0.2) is 93.9 Å². The average molecular weight is 467 g/mol. The Balaban J connectivity index is 1.60. The van der Waals surface area contributed by atoms with Gasteiger partial charge in [0.05, 0.1) is 7.11 Å². The van der Waals surface area contributed by atoms with E-state index in [1.165, 1.54) is 17.5 Å². The summed E-state index contributed by atoms with van der Waals surface area (Å²) in [4.78, 5) is 17.7. The Bertz CT molecular complexity index is 869. The number of carbonyl (C=O) groups excluding carboxylic acids is 1. The van der Waals surface area contributed by atoms with Crippen LogP contribution in [0.3, 0.4) is 0 Å². The van der Waals surface area contributed by atoms with Crippen LogP contribution in [0.25, 0.3) is 0 Å². The molecular formula is C23H38N4O4S. The highest BCUT2D eigenvalue weighted by Crippen LogP contribution is 2.31. The van der Waals surface area contributed by atoms with Crippen LogP contribution in [0, 0.1) is 0 Å². The molecule has 0 aromatic heterocycles. The molecule has 180 valence electrons. The van der Waals surface area contributed by atoms with Gasteiger partial charge in [-0.15, -0.1) is 0 Å². The number of benzene rings is 1. The molecule has 32 heavy (non-hydrogen) atoms. The van der Waals surface area contributed by atoms with E-state index >= 15 is 0 Å². The van der Waals surface area contributed by atoms with Crippen molar-refractivity contribution in [2.24, 2.45) is 0 Å². The quantitative estimate of drug-likeness (QED) is 0.561. The molecule has 1 aromatic rings. The molecule has 0 spiro atoms. The van der Waals surface area contributed by atoms with Crippen molar-refractivity contribution in [2.45, 2.75) is 50.5 Å². The Labute approximate surface area is 192 Å². The first-order chi connectivity index (χ1) is 15.4. The van der Waals surface area contributed by atoms with Gasteiger partial charge in [0.1, 0.15) is 10.6 Å². The molecule has 2 saturated heterocycles. The van der Waals surface area contributed by atoms with Crippen LogP contribution in [0.2, 0.25) is 0 Å². The predicted molar refractivity (Wildman–Crippen MR) is 126 cm³/mol. The van der Waals surface area contributed by atoms with E-state index in [1.807, 2.05) is 6.92 Å². The number of nitrogens with zero attached hydrogens (tertiary/aromatic N) is 3. The van der Waals surface area contributed by atoms with E-state index in [0.717, 1.165) is 65.0 Å². The molecule has 1 atom stereocenters. The second kappa shape index (κ2) is 11.4. The lowest BCUT2D eigenvalue weighted by molar-refractivity contribution is 0.0948. The number of sulfonamides is 1. The molecule has 0 radical (unpaired) electrons. The number of methoxy groups -OCH3 is 1. The molecule has 0 aliphatic carbocycles. The van der Waals surface area contributed by atoms with E-state index in [2.05, 4.69) is 22.0 Å². The number of carbonyl (C=O) groups is 1. The van der Waals surface area contributed by atoms with Crippen molar-refractivity contribution in [1.82, 2.24) is 19.4 Å². The molecule has 1 amide bonds. The van der Waals surface area contributed by atoms with Crippen molar-refractivity contribution in [3.8, 4) is 5.75 Å². The summed E-state index contributed by atoms with van der Waals surface area (Å²) in [5.41, 5.74) is 0.339. The summed E-state index contributed by atoms with van der Waals surface area (Å²) < 4.78 is 33.5. The molecule has 0 bridgehead atoms. The van der Waals surface area contributed by atoms with E-state index < -0.39 is 10.0 Å². The second-order valence-corrected chi connectivity index (χ2v) is 10.6. The zero-order valence-electron chi connectivity index (χ0n) is 19.7. The normalized spacial score (nSPS) is 21.4. The molecule has 2 heterocycles. The van der Waals surface area contributed by atoms with E-state index in [-0.39, 0.29) is 22.6 Å². The predicted octanol–water partition coefficient (Wildman–Crippen LogP) is 2.02. The van der Waals surface area contributed by atoms with Crippen molar-refractivity contribution in [3.63, 3.8) is 0 Å². The zero-order valence-corrected chi connectivity index (χ0v) is 20.5. The number of likely N-dealkylation sites (N-methyl/N-ethyl adjacent to an activating group) is 1. The van der Waals surface area contributed by atoms with Crippen LogP contribution < -0.4 is 10.1 Å². The Morgan fingerprint density at radius 2 is 1.84 bits per heavy atom. The number of hydrogen-bond donors (Lipinski definition) is 1. The second-order valence-electron chi connectivity index (χ2n) is 8.71. The van der Waals surface area contributed by atoms with Gasteiger partial charge in [-0.25, -0.2) is 8.42 Å². The smallest absolute Gasteiger partial charge is 0.251 e. The number of hydrogen-bond acceptors (Lipinski definition) is 6. The van der Waals surface area contributed by atoms with Crippen molar-refractivity contribution in [1.29, 1.82) is 0 Å². The van der Waals surface area contributed by atoms with Crippen molar-refractivity contribution < 1.29 is 17.9 Å². The van der Waals surface area contributed by atoms with Crippen LogP contribution in [-0.2, 0) is 10.0 Å². The minimum Gasteiger partial charge on any atom is -0.495 e. The van der Waals surface area contributed by atoms with Gasteiger partial charge in [0.15, 0.2) is 0 Å². The van der Waals surface area contributed by atoms with Crippen molar-refractivity contribution in [3.05, 3.63) is 23.8 Å². The monoisotopic (exact) mass is 466 g/mol. The van der Waals surface area contributed by atoms with E-state index in [1.54, 1.807) is 12.1 Å². The number of rotatable bonds is 9. The fourth-order valence-electron chi connectivity index (χ4n) is 4.51. The fourth-order valence-corrected chi connectivity index (χ4v) is 6.39. The highest BCUT2D eigenvalue weighted by molar-refractivity contribution is 7.89. The molecule has 1 unspecified atom stereocenters. The van der Waals surface area contributed by atoms with E-state index in [0.29, 0.717) is 18.7 Å². The van der Waals surface area contributed by atoms with Gasteiger partial charge in [-0.3, -0.25) is 4.79 Å². The Kier molecular flexibility index (Phi) is 8.93. The Morgan fingerprint density at radius 1 is 1.12 bits per heavy atom. The van der Waals surface area contributed by atoms with Gasteiger partial charge in [0.2, 0.25) is 10.0 Å². The lowest BCUT2D eigenvalue weighted by Crippen LogP contribution is -2.46. The number of amides is 1. The van der Waals surface area contributed by atoms with Crippen LogP contribution in [0.15, 0.2) is 23.1 Å². The summed E-state index contributed by atoms with van der Waals surface area (Å²) in [5.74, 6) is 0.0112. The molecule has 9 heteroatoms. The Morgan fingerprint density at radius 3 is 2.50 bits per heavy atom. The lowest BCUT2D eigenvalue weighted by atomic mass is 10.1. The molecular weight excluding hydrogens is 428 g/mol. The molecule has 2 aliphatic heterocycles. The van der Waals surface area contributed by atoms with Gasteiger partial charge < -0.3 is 19.9 Å². The first-order valence-electron chi connectivity index (χ1n) is 11.8. The van der Waals surface area contributed by atoms with Gasteiger partial charge in [-0.05, 0) is 57.5 Å². The average Bonchev–Trinajstić information content (AvgIpc) is 2.81. The highest BCUT2D eigenvalue weighted by Gasteiger charge is 2.33. The first-order valence-corrected chi connectivity index (χ1v) is 13.2. The molecule has 8 nitrogen and oxygen atoms in total.